The number of benzene rings is 2. The fraction of sp³-hybridized carbons (Fsp3) is 0.304. The van der Waals surface area contributed by atoms with Gasteiger partial charge in [0.1, 0.15) is 5.69 Å². The minimum atomic E-state index is -0.0117. The van der Waals surface area contributed by atoms with Gasteiger partial charge in [-0.2, -0.15) is 0 Å². The van der Waals surface area contributed by atoms with Crippen LogP contribution in [0.25, 0.3) is 0 Å². The number of nitrogens with zero attached hydrogens (tertiary/aromatic N) is 3. The molecule has 0 aliphatic carbocycles. The fourth-order valence-electron chi connectivity index (χ4n) is 3.73. The highest BCUT2D eigenvalue weighted by atomic mass is 35.5. The van der Waals surface area contributed by atoms with Crippen LogP contribution < -0.4 is 10.2 Å². The Morgan fingerprint density at radius 3 is 2.53 bits per heavy atom. The maximum Gasteiger partial charge on any atom is 0.273 e. The summed E-state index contributed by atoms with van der Waals surface area (Å²) in [6, 6.07) is 12.2. The lowest BCUT2D eigenvalue weighted by atomic mass is 10.1. The molecule has 4 rings (SSSR count). The molecule has 1 aromatic heterocycles. The third-order valence-electron chi connectivity index (χ3n) is 5.43. The number of nitrogens with one attached hydrogen (secondary N) is 1. The predicted molar refractivity (Wildman–Crippen MR) is 126 cm³/mol. The normalized spacial score (nSPS) is 14.1. The maximum absolute atomic E-state index is 12.9. The second-order valence-electron chi connectivity index (χ2n) is 7.69. The molecule has 0 radical (unpaired) electrons. The van der Waals surface area contributed by atoms with Crippen molar-refractivity contribution in [3.05, 3.63) is 69.2 Å². The Balaban J connectivity index is 1.39. The van der Waals surface area contributed by atoms with E-state index in [0.29, 0.717) is 18.8 Å². The average molecular weight is 441 g/mol. The number of aryl methyl sites for hydroxylation is 3. The fourth-order valence-corrected chi connectivity index (χ4v) is 4.60. The summed E-state index contributed by atoms with van der Waals surface area (Å²) in [5.74, 6) is -0.0117. The first-order valence-corrected chi connectivity index (χ1v) is 11.3. The Morgan fingerprint density at radius 2 is 1.80 bits per heavy atom. The van der Waals surface area contributed by atoms with Gasteiger partial charge in [0.2, 0.25) is 0 Å². The van der Waals surface area contributed by atoms with E-state index in [2.05, 4.69) is 48.1 Å². The molecule has 1 fully saturated rings. The number of thiazole rings is 1. The van der Waals surface area contributed by atoms with E-state index in [-0.39, 0.29) is 5.91 Å². The van der Waals surface area contributed by atoms with Crippen LogP contribution in [0, 0.1) is 20.8 Å². The smallest absolute Gasteiger partial charge is 0.273 e. The molecule has 0 saturated carbocycles. The number of amides is 1. The zero-order chi connectivity index (χ0) is 21.3. The van der Waals surface area contributed by atoms with E-state index in [1.54, 1.807) is 0 Å². The van der Waals surface area contributed by atoms with E-state index in [4.69, 9.17) is 11.6 Å². The zero-order valence-corrected chi connectivity index (χ0v) is 19.0. The van der Waals surface area contributed by atoms with E-state index in [1.165, 1.54) is 22.5 Å². The van der Waals surface area contributed by atoms with Crippen molar-refractivity contribution in [2.75, 3.05) is 36.4 Å². The van der Waals surface area contributed by atoms with Crippen molar-refractivity contribution in [1.29, 1.82) is 0 Å². The second-order valence-corrected chi connectivity index (χ2v) is 8.99. The number of carbonyl (C=O) groups excluding carboxylic acids is 1. The van der Waals surface area contributed by atoms with E-state index in [9.17, 15) is 4.79 Å². The molecule has 30 heavy (non-hydrogen) atoms. The molecule has 1 N–H and O–H groups in total. The molecule has 7 heteroatoms. The lowest BCUT2D eigenvalue weighted by Crippen LogP contribution is -2.49. The summed E-state index contributed by atoms with van der Waals surface area (Å²) >= 11 is 7.62. The molecule has 2 aromatic carbocycles. The van der Waals surface area contributed by atoms with Gasteiger partial charge in [-0.05, 0) is 50.1 Å². The van der Waals surface area contributed by atoms with E-state index >= 15 is 0 Å². The Morgan fingerprint density at radius 1 is 1.03 bits per heavy atom. The number of rotatable bonds is 4. The number of carbonyl (C=O) groups is 1. The first-order valence-electron chi connectivity index (χ1n) is 10.0. The molecule has 156 valence electrons. The van der Waals surface area contributed by atoms with Crippen LogP contribution in [0.5, 0.6) is 0 Å². The van der Waals surface area contributed by atoms with Crippen molar-refractivity contribution in [1.82, 2.24) is 9.88 Å². The molecule has 5 nitrogen and oxygen atoms in total. The molecule has 0 bridgehead atoms. The van der Waals surface area contributed by atoms with Crippen molar-refractivity contribution in [3.8, 4) is 0 Å². The highest BCUT2D eigenvalue weighted by molar-refractivity contribution is 7.14. The van der Waals surface area contributed by atoms with Gasteiger partial charge in [-0.25, -0.2) is 4.98 Å². The Kier molecular flexibility index (Phi) is 5.97. The molecule has 0 spiro atoms. The summed E-state index contributed by atoms with van der Waals surface area (Å²) in [5.41, 5.74) is 6.23. The summed E-state index contributed by atoms with van der Waals surface area (Å²) in [6.45, 7) is 9.13. The van der Waals surface area contributed by atoms with Gasteiger partial charge in [0, 0.05) is 48.0 Å². The summed E-state index contributed by atoms with van der Waals surface area (Å²) in [5, 5.41) is 6.64. The SMILES string of the molecule is Cc1ccc(Nc2nc(C(=O)N3CCN(c4cc(Cl)ccc4C)CC3)cs2)c(C)c1. The summed E-state index contributed by atoms with van der Waals surface area (Å²) in [4.78, 5) is 21.6. The maximum atomic E-state index is 12.9. The quantitative estimate of drug-likeness (QED) is 0.587. The van der Waals surface area contributed by atoms with Crippen LogP contribution >= 0.6 is 22.9 Å². The number of hydrogen-bond acceptors (Lipinski definition) is 5. The van der Waals surface area contributed by atoms with E-state index < -0.39 is 0 Å². The molecule has 1 aliphatic heterocycles. The number of aromatic nitrogens is 1. The molecule has 1 amide bonds. The number of piperazine rings is 1. The molecule has 0 unspecified atom stereocenters. The van der Waals surface area contributed by atoms with Crippen LogP contribution in [0.3, 0.4) is 0 Å². The van der Waals surface area contributed by atoms with Crippen molar-refractivity contribution in [2.24, 2.45) is 0 Å². The predicted octanol–water partition coefficient (Wildman–Crippen LogP) is 5.43. The van der Waals surface area contributed by atoms with Gasteiger partial charge in [-0.15, -0.1) is 11.3 Å². The van der Waals surface area contributed by atoms with Gasteiger partial charge >= 0.3 is 0 Å². The minimum Gasteiger partial charge on any atom is -0.368 e. The van der Waals surface area contributed by atoms with Crippen LogP contribution in [0.2, 0.25) is 5.02 Å². The highest BCUT2D eigenvalue weighted by Crippen LogP contribution is 2.27. The van der Waals surface area contributed by atoms with Gasteiger partial charge in [-0.1, -0.05) is 35.4 Å². The van der Waals surface area contributed by atoms with Gasteiger partial charge < -0.3 is 15.1 Å². The monoisotopic (exact) mass is 440 g/mol. The number of halogens is 1. The van der Waals surface area contributed by atoms with Crippen molar-refractivity contribution >= 4 is 45.4 Å². The molecular weight excluding hydrogens is 416 g/mol. The highest BCUT2D eigenvalue weighted by Gasteiger charge is 2.24. The van der Waals surface area contributed by atoms with Crippen LogP contribution in [0.1, 0.15) is 27.2 Å². The van der Waals surface area contributed by atoms with Crippen molar-refractivity contribution < 1.29 is 4.79 Å². The van der Waals surface area contributed by atoms with Gasteiger partial charge in [0.15, 0.2) is 5.13 Å². The van der Waals surface area contributed by atoms with Crippen LogP contribution in [0.4, 0.5) is 16.5 Å². The Bertz CT molecular complexity index is 1070. The van der Waals surface area contributed by atoms with E-state index in [0.717, 1.165) is 40.2 Å². The first-order chi connectivity index (χ1) is 14.4. The van der Waals surface area contributed by atoms with E-state index in [1.807, 2.05) is 34.5 Å². The minimum absolute atomic E-state index is 0.0117. The molecular formula is C23H25ClN4OS. The lowest BCUT2D eigenvalue weighted by Gasteiger charge is -2.36. The van der Waals surface area contributed by atoms with Crippen molar-refractivity contribution in [2.45, 2.75) is 20.8 Å². The molecule has 2 heterocycles. The summed E-state index contributed by atoms with van der Waals surface area (Å²) in [6.07, 6.45) is 0. The third-order valence-corrected chi connectivity index (χ3v) is 6.42. The largest absolute Gasteiger partial charge is 0.368 e. The second kappa shape index (κ2) is 8.66. The topological polar surface area (TPSA) is 48.5 Å². The molecule has 1 aliphatic rings. The zero-order valence-electron chi connectivity index (χ0n) is 17.4. The molecule has 0 atom stereocenters. The van der Waals surface area contributed by atoms with Crippen LogP contribution in [-0.4, -0.2) is 42.0 Å². The van der Waals surface area contributed by atoms with Gasteiger partial charge in [-0.3, -0.25) is 4.79 Å². The van der Waals surface area contributed by atoms with Crippen LogP contribution in [0.15, 0.2) is 41.8 Å². The standard InChI is InChI=1S/C23H25ClN4OS/c1-15-4-7-19(17(3)12-15)25-23-26-20(14-30-23)22(29)28-10-8-27(9-11-28)21-13-18(24)6-5-16(21)2/h4-7,12-14H,8-11H2,1-3H3,(H,25,26). The number of anilines is 3. The lowest BCUT2D eigenvalue weighted by molar-refractivity contribution is 0.0742. The van der Waals surface area contributed by atoms with Gasteiger partial charge in [0.05, 0.1) is 0 Å². The van der Waals surface area contributed by atoms with Gasteiger partial charge in [0.25, 0.3) is 5.91 Å². The van der Waals surface area contributed by atoms with Crippen LogP contribution in [-0.2, 0) is 0 Å². The molecule has 3 aromatic rings. The summed E-state index contributed by atoms with van der Waals surface area (Å²) < 4.78 is 0. The van der Waals surface area contributed by atoms with Crippen molar-refractivity contribution in [3.63, 3.8) is 0 Å². The summed E-state index contributed by atoms with van der Waals surface area (Å²) in [7, 11) is 0. The first kappa shape index (κ1) is 20.7. The third kappa shape index (κ3) is 4.45. The Labute approximate surface area is 186 Å². The Hall–Kier alpha value is -2.57. The molecule has 1 saturated heterocycles. The average Bonchev–Trinajstić information content (AvgIpc) is 3.20. The number of hydrogen-bond donors (Lipinski definition) is 1.